The van der Waals surface area contributed by atoms with E-state index in [2.05, 4.69) is 45.5 Å². The van der Waals surface area contributed by atoms with E-state index in [0.717, 1.165) is 25.4 Å². The summed E-state index contributed by atoms with van der Waals surface area (Å²) in [6.07, 6.45) is 8.96. The molecule has 1 aromatic carbocycles. The molecule has 1 N–H and O–H groups in total. The molecule has 1 atom stereocenters. The molecule has 2 fully saturated rings. The Balaban J connectivity index is 1.53. The molecule has 0 aliphatic carbocycles. The summed E-state index contributed by atoms with van der Waals surface area (Å²) in [5.74, 6) is 0.982. The Labute approximate surface area is 150 Å². The van der Waals surface area contributed by atoms with Crippen LogP contribution in [-0.2, 0) is 6.54 Å². The van der Waals surface area contributed by atoms with Gasteiger partial charge in [0, 0.05) is 43.1 Å². The third kappa shape index (κ3) is 3.55. The van der Waals surface area contributed by atoms with E-state index in [9.17, 15) is 0 Å². The van der Waals surface area contributed by atoms with E-state index in [1.54, 1.807) is 7.11 Å². The quantitative estimate of drug-likeness (QED) is 0.927. The molecule has 25 heavy (non-hydrogen) atoms. The Morgan fingerprint density at radius 1 is 1.12 bits per heavy atom. The minimum atomic E-state index is 0.355. The summed E-state index contributed by atoms with van der Waals surface area (Å²) in [6, 6.07) is 10.6. The van der Waals surface area contributed by atoms with Crippen LogP contribution in [0.15, 0.2) is 42.7 Å². The van der Waals surface area contributed by atoms with Crippen LogP contribution < -0.4 is 10.1 Å². The Morgan fingerprint density at radius 3 is 2.76 bits per heavy atom. The molecular formula is C21H27N3O. The first kappa shape index (κ1) is 16.6. The molecule has 0 amide bonds. The highest BCUT2D eigenvalue weighted by molar-refractivity contribution is 5.65. The average Bonchev–Trinajstić information content (AvgIpc) is 3.05. The van der Waals surface area contributed by atoms with Crippen molar-refractivity contribution in [1.29, 1.82) is 0 Å². The molecule has 3 heterocycles. The van der Waals surface area contributed by atoms with E-state index in [-0.39, 0.29) is 0 Å². The molecular weight excluding hydrogens is 310 g/mol. The zero-order valence-electron chi connectivity index (χ0n) is 15.0. The lowest BCUT2D eigenvalue weighted by molar-refractivity contribution is 0.233. The van der Waals surface area contributed by atoms with Crippen molar-refractivity contribution in [1.82, 2.24) is 15.2 Å². The molecule has 1 spiro atoms. The maximum absolute atomic E-state index is 5.63. The monoisotopic (exact) mass is 337 g/mol. The molecule has 4 nitrogen and oxygen atoms in total. The fourth-order valence-corrected chi connectivity index (χ4v) is 4.34. The lowest BCUT2D eigenvalue weighted by atomic mass is 9.88. The molecule has 4 heteroatoms. The van der Waals surface area contributed by atoms with Crippen LogP contribution in [0.5, 0.6) is 5.75 Å². The van der Waals surface area contributed by atoms with Crippen molar-refractivity contribution in [2.45, 2.75) is 37.8 Å². The second-order valence-corrected chi connectivity index (χ2v) is 7.39. The largest absolute Gasteiger partial charge is 0.496 e. The first-order chi connectivity index (χ1) is 12.3. The van der Waals surface area contributed by atoms with Crippen molar-refractivity contribution in [3.63, 3.8) is 0 Å². The summed E-state index contributed by atoms with van der Waals surface area (Å²) in [6.45, 7) is 4.44. The number of benzene rings is 1. The topological polar surface area (TPSA) is 37.4 Å². The van der Waals surface area contributed by atoms with Gasteiger partial charge in [-0.3, -0.25) is 9.88 Å². The number of aromatic nitrogens is 1. The molecule has 1 aromatic heterocycles. The Hall–Kier alpha value is -1.91. The summed E-state index contributed by atoms with van der Waals surface area (Å²) in [5, 5.41) is 3.80. The molecule has 0 radical (unpaired) electrons. The van der Waals surface area contributed by atoms with E-state index >= 15 is 0 Å². The summed E-state index contributed by atoms with van der Waals surface area (Å²) in [5.41, 5.74) is 4.05. The summed E-state index contributed by atoms with van der Waals surface area (Å²) in [4.78, 5) is 6.69. The Kier molecular flexibility index (Phi) is 4.73. The van der Waals surface area contributed by atoms with E-state index < -0.39 is 0 Å². The second-order valence-electron chi connectivity index (χ2n) is 7.39. The third-order valence-electron chi connectivity index (χ3n) is 5.70. The molecule has 2 aliphatic heterocycles. The van der Waals surface area contributed by atoms with Gasteiger partial charge in [0.2, 0.25) is 0 Å². The molecule has 4 rings (SSSR count). The zero-order valence-corrected chi connectivity index (χ0v) is 15.0. The summed E-state index contributed by atoms with van der Waals surface area (Å²) in [7, 11) is 1.76. The first-order valence-electron chi connectivity index (χ1n) is 9.33. The van der Waals surface area contributed by atoms with Gasteiger partial charge in [-0.2, -0.15) is 0 Å². The molecule has 2 aromatic rings. The minimum absolute atomic E-state index is 0.355. The van der Waals surface area contributed by atoms with Gasteiger partial charge in [0.1, 0.15) is 5.75 Å². The number of pyridine rings is 1. The normalized spacial score (nSPS) is 23.9. The molecule has 0 saturated carbocycles. The highest BCUT2D eigenvalue weighted by Crippen LogP contribution is 2.33. The smallest absolute Gasteiger partial charge is 0.123 e. The highest BCUT2D eigenvalue weighted by Gasteiger charge is 2.38. The van der Waals surface area contributed by atoms with E-state index in [4.69, 9.17) is 4.74 Å². The van der Waals surface area contributed by atoms with E-state index in [1.807, 2.05) is 12.4 Å². The van der Waals surface area contributed by atoms with Gasteiger partial charge in [0.15, 0.2) is 0 Å². The van der Waals surface area contributed by atoms with Crippen LogP contribution in [0.2, 0.25) is 0 Å². The number of hydrogen-bond acceptors (Lipinski definition) is 4. The van der Waals surface area contributed by atoms with Crippen molar-refractivity contribution in [2.75, 3.05) is 26.7 Å². The van der Waals surface area contributed by atoms with Crippen LogP contribution in [0.1, 0.15) is 31.2 Å². The summed E-state index contributed by atoms with van der Waals surface area (Å²) >= 11 is 0. The SMILES string of the molecule is COc1ccc(-c2ccncc2)cc1CN1CCC2(CCCCN2)C1. The van der Waals surface area contributed by atoms with Crippen molar-refractivity contribution < 1.29 is 4.74 Å². The minimum Gasteiger partial charge on any atom is -0.496 e. The van der Waals surface area contributed by atoms with Crippen LogP contribution in [0.4, 0.5) is 0 Å². The molecule has 0 bridgehead atoms. The molecule has 2 saturated heterocycles. The number of piperidine rings is 1. The predicted molar refractivity (Wildman–Crippen MR) is 101 cm³/mol. The lowest BCUT2D eigenvalue weighted by Gasteiger charge is -2.35. The maximum Gasteiger partial charge on any atom is 0.123 e. The fourth-order valence-electron chi connectivity index (χ4n) is 4.34. The van der Waals surface area contributed by atoms with Crippen LogP contribution in [0.25, 0.3) is 11.1 Å². The average molecular weight is 337 g/mol. The second kappa shape index (κ2) is 7.14. The molecule has 132 valence electrons. The van der Waals surface area contributed by atoms with Crippen molar-refractivity contribution in [2.24, 2.45) is 0 Å². The van der Waals surface area contributed by atoms with Crippen molar-refractivity contribution in [3.05, 3.63) is 48.3 Å². The number of ether oxygens (including phenoxy) is 1. The van der Waals surface area contributed by atoms with Crippen LogP contribution >= 0.6 is 0 Å². The van der Waals surface area contributed by atoms with Gasteiger partial charge in [0.25, 0.3) is 0 Å². The number of nitrogens with zero attached hydrogens (tertiary/aromatic N) is 2. The predicted octanol–water partition coefficient (Wildman–Crippen LogP) is 3.48. The maximum atomic E-state index is 5.63. The van der Waals surface area contributed by atoms with Crippen LogP contribution in [-0.4, -0.2) is 42.2 Å². The number of methoxy groups -OCH3 is 1. The van der Waals surface area contributed by atoms with E-state index in [0.29, 0.717) is 5.54 Å². The summed E-state index contributed by atoms with van der Waals surface area (Å²) < 4.78 is 5.63. The Morgan fingerprint density at radius 2 is 2.00 bits per heavy atom. The number of nitrogens with one attached hydrogen (secondary N) is 1. The zero-order chi connectivity index (χ0) is 17.1. The van der Waals surface area contributed by atoms with E-state index in [1.165, 1.54) is 48.9 Å². The van der Waals surface area contributed by atoms with Gasteiger partial charge in [-0.25, -0.2) is 0 Å². The molecule has 1 unspecified atom stereocenters. The molecule has 2 aliphatic rings. The van der Waals surface area contributed by atoms with Gasteiger partial charge in [-0.1, -0.05) is 12.5 Å². The van der Waals surface area contributed by atoms with Gasteiger partial charge in [-0.15, -0.1) is 0 Å². The van der Waals surface area contributed by atoms with Crippen molar-refractivity contribution in [3.8, 4) is 16.9 Å². The van der Waals surface area contributed by atoms with Crippen LogP contribution in [0.3, 0.4) is 0 Å². The van der Waals surface area contributed by atoms with Crippen LogP contribution in [0, 0.1) is 0 Å². The third-order valence-corrected chi connectivity index (χ3v) is 5.70. The number of hydrogen-bond donors (Lipinski definition) is 1. The van der Waals surface area contributed by atoms with Gasteiger partial charge in [0.05, 0.1) is 7.11 Å². The Bertz CT molecular complexity index is 710. The number of likely N-dealkylation sites (tertiary alicyclic amines) is 1. The van der Waals surface area contributed by atoms with Gasteiger partial charge in [-0.05, 0) is 61.2 Å². The van der Waals surface area contributed by atoms with Crippen molar-refractivity contribution >= 4 is 0 Å². The number of rotatable bonds is 4. The van der Waals surface area contributed by atoms with Gasteiger partial charge >= 0.3 is 0 Å². The standard InChI is InChI=1S/C21H27N3O/c1-25-20-5-4-18(17-6-11-22-12-7-17)14-19(20)15-24-13-9-21(16-24)8-2-3-10-23-21/h4-7,11-12,14,23H,2-3,8-10,13,15-16H2,1H3. The fraction of sp³-hybridized carbons (Fsp3) is 0.476. The first-order valence-corrected chi connectivity index (χ1v) is 9.33. The van der Waals surface area contributed by atoms with Gasteiger partial charge < -0.3 is 10.1 Å². The lowest BCUT2D eigenvalue weighted by Crippen LogP contribution is -2.50. The highest BCUT2D eigenvalue weighted by atomic mass is 16.5.